The predicted molar refractivity (Wildman–Crippen MR) is 81.8 cm³/mol. The second-order valence-corrected chi connectivity index (χ2v) is 5.48. The molecule has 0 spiro atoms. The summed E-state index contributed by atoms with van der Waals surface area (Å²) in [5, 5.41) is 5.55. The first-order chi connectivity index (χ1) is 10.4. The zero-order valence-corrected chi connectivity index (χ0v) is 13.4. The minimum Gasteiger partial charge on any atom is -0.356 e. The van der Waals surface area contributed by atoms with Gasteiger partial charge in [0.25, 0.3) is 0 Å². The number of aromatic nitrogens is 2. The monoisotopic (exact) mass is 377 g/mol. The zero-order valence-electron chi connectivity index (χ0n) is 11.8. The third-order valence-corrected chi connectivity index (χ3v) is 3.30. The van der Waals surface area contributed by atoms with Gasteiger partial charge in [0.15, 0.2) is 5.96 Å². The van der Waals surface area contributed by atoms with Crippen LogP contribution in [0.1, 0.15) is 12.1 Å². The number of pyridine rings is 1. The van der Waals surface area contributed by atoms with Gasteiger partial charge in [-0.2, -0.15) is 13.2 Å². The van der Waals surface area contributed by atoms with E-state index in [1.54, 1.807) is 0 Å². The van der Waals surface area contributed by atoms with Gasteiger partial charge in [0.05, 0.1) is 18.7 Å². The maximum absolute atomic E-state index is 12.1. The molecular formula is C13H15BrF3N5. The molecule has 0 atom stereocenters. The summed E-state index contributed by atoms with van der Waals surface area (Å²) in [6.45, 7) is 0.145. The first-order valence-corrected chi connectivity index (χ1v) is 7.31. The smallest absolute Gasteiger partial charge is 0.356 e. The number of hydrogen-bond donors (Lipinski definition) is 2. The summed E-state index contributed by atoms with van der Waals surface area (Å²) in [4.78, 5) is 8.27. The molecule has 0 aliphatic rings. The number of rotatable bonds is 4. The molecule has 9 heteroatoms. The molecule has 2 heterocycles. The van der Waals surface area contributed by atoms with Crippen molar-refractivity contribution in [3.8, 4) is 0 Å². The van der Waals surface area contributed by atoms with Gasteiger partial charge in [-0.3, -0.25) is 4.99 Å². The van der Waals surface area contributed by atoms with Crippen LogP contribution in [0.5, 0.6) is 0 Å². The number of nitrogens with one attached hydrogen (secondary N) is 2. The molecular weight excluding hydrogens is 363 g/mol. The summed E-state index contributed by atoms with van der Waals surface area (Å²) in [7, 11) is 1.50. The first-order valence-electron chi connectivity index (χ1n) is 6.52. The average Bonchev–Trinajstić information content (AvgIpc) is 2.83. The fraction of sp³-hybridized carbons (Fsp3) is 0.385. The molecule has 2 aromatic rings. The molecule has 2 N–H and O–H groups in total. The van der Waals surface area contributed by atoms with Gasteiger partial charge in [-0.1, -0.05) is 0 Å². The Labute approximate surface area is 133 Å². The molecule has 0 unspecified atom stereocenters. The van der Waals surface area contributed by atoms with E-state index in [-0.39, 0.29) is 6.54 Å². The van der Waals surface area contributed by atoms with Crippen LogP contribution in [0.4, 0.5) is 13.2 Å². The summed E-state index contributed by atoms with van der Waals surface area (Å²) in [6, 6.07) is 3.75. The molecule has 2 rings (SSSR count). The maximum atomic E-state index is 12.1. The van der Waals surface area contributed by atoms with E-state index in [0.717, 1.165) is 15.8 Å². The molecule has 0 fully saturated rings. The number of halogens is 4. The first kappa shape index (κ1) is 16.6. The van der Waals surface area contributed by atoms with E-state index < -0.39 is 12.6 Å². The molecule has 5 nitrogen and oxygen atoms in total. The highest BCUT2D eigenvalue weighted by atomic mass is 79.9. The zero-order chi connectivity index (χ0) is 16.2. The Morgan fingerprint density at radius 2 is 2.09 bits per heavy atom. The van der Waals surface area contributed by atoms with E-state index in [9.17, 15) is 13.2 Å². The van der Waals surface area contributed by atoms with Crippen molar-refractivity contribution in [2.45, 2.75) is 19.1 Å². The maximum Gasteiger partial charge on any atom is 0.390 e. The third-order valence-electron chi connectivity index (χ3n) is 2.83. The SMILES string of the molecule is CN=C(NCCC(F)(F)F)NCc1cn2cc(Br)ccc2n1. The number of alkyl halides is 3. The Hall–Kier alpha value is -1.77. The lowest BCUT2D eigenvalue weighted by Crippen LogP contribution is -2.38. The number of fused-ring (bicyclic) bond motifs is 1. The van der Waals surface area contributed by atoms with Gasteiger partial charge in [0.1, 0.15) is 5.65 Å². The Morgan fingerprint density at radius 1 is 1.32 bits per heavy atom. The van der Waals surface area contributed by atoms with Crippen molar-refractivity contribution in [2.75, 3.05) is 13.6 Å². The minimum absolute atomic E-state index is 0.221. The highest BCUT2D eigenvalue weighted by molar-refractivity contribution is 9.10. The van der Waals surface area contributed by atoms with Gasteiger partial charge in [-0.25, -0.2) is 4.98 Å². The van der Waals surface area contributed by atoms with Gasteiger partial charge in [-0.15, -0.1) is 0 Å². The standard InChI is InChI=1S/C13H15BrF3N5/c1-18-12(19-5-4-13(15,16)17)20-6-10-8-22-7-9(14)2-3-11(22)21-10/h2-3,7-8H,4-6H2,1H3,(H2,18,19,20). The van der Waals surface area contributed by atoms with E-state index in [2.05, 4.69) is 36.5 Å². The molecule has 0 aliphatic carbocycles. The summed E-state index contributed by atoms with van der Waals surface area (Å²) < 4.78 is 39.1. The fourth-order valence-corrected chi connectivity index (χ4v) is 2.17. The van der Waals surface area contributed by atoms with E-state index >= 15 is 0 Å². The second kappa shape index (κ2) is 6.99. The van der Waals surface area contributed by atoms with Crippen molar-refractivity contribution >= 4 is 27.5 Å². The molecule has 2 aromatic heterocycles. The molecule has 0 saturated carbocycles. The highest BCUT2D eigenvalue weighted by Gasteiger charge is 2.26. The van der Waals surface area contributed by atoms with Crippen LogP contribution >= 0.6 is 15.9 Å². The Bertz CT molecular complexity index is 665. The molecule has 0 aliphatic heterocycles. The number of aliphatic imine (C=N–C) groups is 1. The fourth-order valence-electron chi connectivity index (χ4n) is 1.82. The summed E-state index contributed by atoms with van der Waals surface area (Å²) in [5.41, 5.74) is 1.55. The molecule has 0 amide bonds. The van der Waals surface area contributed by atoms with Crippen LogP contribution in [-0.2, 0) is 6.54 Å². The predicted octanol–water partition coefficient (Wildman–Crippen LogP) is 2.71. The van der Waals surface area contributed by atoms with Gasteiger partial charge in [0, 0.05) is 30.5 Å². The summed E-state index contributed by atoms with van der Waals surface area (Å²) in [6.07, 6.45) is -1.37. The lowest BCUT2D eigenvalue weighted by atomic mass is 10.4. The lowest BCUT2D eigenvalue weighted by molar-refractivity contribution is -0.132. The van der Waals surface area contributed by atoms with Crippen molar-refractivity contribution in [2.24, 2.45) is 4.99 Å². The van der Waals surface area contributed by atoms with Crippen LogP contribution < -0.4 is 10.6 Å². The molecule has 22 heavy (non-hydrogen) atoms. The van der Waals surface area contributed by atoms with Crippen LogP contribution in [0, 0.1) is 0 Å². The van der Waals surface area contributed by atoms with Gasteiger partial charge >= 0.3 is 6.18 Å². The Kier molecular flexibility index (Phi) is 5.28. The molecule has 120 valence electrons. The number of nitrogens with zero attached hydrogens (tertiary/aromatic N) is 3. The number of hydrogen-bond acceptors (Lipinski definition) is 2. The van der Waals surface area contributed by atoms with E-state index in [1.165, 1.54) is 7.05 Å². The Balaban J connectivity index is 1.89. The highest BCUT2D eigenvalue weighted by Crippen LogP contribution is 2.18. The van der Waals surface area contributed by atoms with Gasteiger partial charge < -0.3 is 15.0 Å². The quantitative estimate of drug-likeness (QED) is 0.636. The Morgan fingerprint density at radius 3 is 2.77 bits per heavy atom. The largest absolute Gasteiger partial charge is 0.390 e. The minimum atomic E-state index is -4.18. The molecule has 0 aromatic carbocycles. The summed E-state index contributed by atoms with van der Waals surface area (Å²) >= 11 is 3.37. The van der Waals surface area contributed by atoms with E-state index in [4.69, 9.17) is 0 Å². The molecule has 0 bridgehead atoms. The van der Waals surface area contributed by atoms with Crippen molar-refractivity contribution in [3.63, 3.8) is 0 Å². The van der Waals surface area contributed by atoms with E-state index in [0.29, 0.717) is 12.5 Å². The second-order valence-electron chi connectivity index (χ2n) is 4.56. The van der Waals surface area contributed by atoms with Gasteiger partial charge in [0.2, 0.25) is 0 Å². The van der Waals surface area contributed by atoms with Crippen molar-refractivity contribution in [1.82, 2.24) is 20.0 Å². The number of guanidine groups is 1. The average molecular weight is 378 g/mol. The number of imidazole rings is 1. The molecule has 0 radical (unpaired) electrons. The van der Waals surface area contributed by atoms with Gasteiger partial charge in [-0.05, 0) is 28.1 Å². The topological polar surface area (TPSA) is 53.7 Å². The van der Waals surface area contributed by atoms with Crippen LogP contribution in [0.15, 0.2) is 34.0 Å². The van der Waals surface area contributed by atoms with Crippen LogP contribution in [0.2, 0.25) is 0 Å². The molecule has 0 saturated heterocycles. The van der Waals surface area contributed by atoms with Crippen molar-refractivity contribution in [1.29, 1.82) is 0 Å². The van der Waals surface area contributed by atoms with Crippen LogP contribution in [-0.4, -0.2) is 35.1 Å². The van der Waals surface area contributed by atoms with Crippen molar-refractivity contribution < 1.29 is 13.2 Å². The van der Waals surface area contributed by atoms with E-state index in [1.807, 2.05) is 28.9 Å². The summed E-state index contributed by atoms with van der Waals surface area (Å²) in [5.74, 6) is 0.308. The van der Waals surface area contributed by atoms with Crippen LogP contribution in [0.25, 0.3) is 5.65 Å². The lowest BCUT2D eigenvalue weighted by Gasteiger charge is -2.12. The van der Waals surface area contributed by atoms with Crippen LogP contribution in [0.3, 0.4) is 0 Å². The van der Waals surface area contributed by atoms with Crippen molar-refractivity contribution in [3.05, 3.63) is 34.7 Å². The normalized spacial score (nSPS) is 12.7. The third kappa shape index (κ3) is 4.90.